The van der Waals surface area contributed by atoms with Crippen molar-refractivity contribution >= 4 is 5.52 Å². The van der Waals surface area contributed by atoms with Gasteiger partial charge in [0.2, 0.25) is 0 Å². The topological polar surface area (TPSA) is 26.5 Å². The zero-order valence-electron chi connectivity index (χ0n) is 10.4. The number of hydrogen-bond acceptors (Lipinski definition) is 2. The van der Waals surface area contributed by atoms with E-state index in [-0.39, 0.29) is 0 Å². The molecule has 0 N–H and O–H groups in total. The lowest BCUT2D eigenvalue weighted by molar-refractivity contribution is 0.412. The molecule has 0 atom stereocenters. The van der Waals surface area contributed by atoms with Gasteiger partial charge in [-0.1, -0.05) is 6.07 Å². The number of benzene rings is 1. The van der Waals surface area contributed by atoms with Crippen molar-refractivity contribution in [2.24, 2.45) is 0 Å². The maximum Gasteiger partial charge on any atom is 0.121 e. The Kier molecular flexibility index (Phi) is 2.52. The number of methoxy groups -OCH3 is 1. The Morgan fingerprint density at radius 2 is 2.06 bits per heavy atom. The molecule has 3 aromatic rings. The highest BCUT2D eigenvalue weighted by molar-refractivity contribution is 5.77. The Morgan fingerprint density at radius 3 is 2.83 bits per heavy atom. The van der Waals surface area contributed by atoms with Crippen LogP contribution in [0.4, 0.5) is 0 Å². The van der Waals surface area contributed by atoms with Crippen LogP contribution in [0, 0.1) is 6.92 Å². The number of ether oxygens (including phenoxy) is 1. The molecule has 2 heterocycles. The van der Waals surface area contributed by atoms with Gasteiger partial charge in [-0.3, -0.25) is 0 Å². The summed E-state index contributed by atoms with van der Waals surface area (Å²) in [7, 11) is 1.69. The molecule has 0 radical (unpaired) electrons. The van der Waals surface area contributed by atoms with Crippen LogP contribution in [-0.4, -0.2) is 16.5 Å². The van der Waals surface area contributed by atoms with Crippen LogP contribution in [0.3, 0.4) is 0 Å². The molecular weight excluding hydrogens is 224 g/mol. The molecule has 3 rings (SSSR count). The molecule has 0 fully saturated rings. The van der Waals surface area contributed by atoms with E-state index in [1.165, 1.54) is 0 Å². The van der Waals surface area contributed by atoms with Crippen LogP contribution in [-0.2, 0) is 0 Å². The molecule has 3 heteroatoms. The first kappa shape index (κ1) is 10.8. The van der Waals surface area contributed by atoms with Crippen molar-refractivity contribution < 1.29 is 4.74 Å². The van der Waals surface area contributed by atoms with Gasteiger partial charge in [0, 0.05) is 11.8 Å². The van der Waals surface area contributed by atoms with Crippen LogP contribution in [0.5, 0.6) is 5.75 Å². The number of pyridine rings is 1. The SMILES string of the molecule is COc1ccc(-c2ncn3ccccc23)cc1C. The van der Waals surface area contributed by atoms with Crippen molar-refractivity contribution in [2.75, 3.05) is 7.11 Å². The van der Waals surface area contributed by atoms with Crippen LogP contribution in [0.15, 0.2) is 48.9 Å². The van der Waals surface area contributed by atoms with E-state index in [2.05, 4.69) is 17.1 Å². The van der Waals surface area contributed by atoms with E-state index in [1.807, 2.05) is 48.1 Å². The van der Waals surface area contributed by atoms with Gasteiger partial charge < -0.3 is 9.14 Å². The second-order valence-electron chi connectivity index (χ2n) is 4.27. The molecule has 2 aromatic heterocycles. The second-order valence-corrected chi connectivity index (χ2v) is 4.27. The van der Waals surface area contributed by atoms with Gasteiger partial charge in [0.1, 0.15) is 5.75 Å². The van der Waals surface area contributed by atoms with Crippen molar-refractivity contribution in [3.05, 3.63) is 54.5 Å². The molecule has 0 spiro atoms. The van der Waals surface area contributed by atoms with Gasteiger partial charge in [-0.25, -0.2) is 4.98 Å². The summed E-state index contributed by atoms with van der Waals surface area (Å²) in [6.45, 7) is 2.04. The minimum Gasteiger partial charge on any atom is -0.496 e. The second kappa shape index (κ2) is 4.18. The summed E-state index contributed by atoms with van der Waals surface area (Å²) in [5, 5.41) is 0. The van der Waals surface area contributed by atoms with Gasteiger partial charge in [0.25, 0.3) is 0 Å². The highest BCUT2D eigenvalue weighted by atomic mass is 16.5. The molecule has 0 aliphatic carbocycles. The number of aromatic nitrogens is 2. The summed E-state index contributed by atoms with van der Waals surface area (Å²) in [4.78, 5) is 4.48. The van der Waals surface area contributed by atoms with Crippen molar-refractivity contribution in [2.45, 2.75) is 6.92 Å². The summed E-state index contributed by atoms with van der Waals surface area (Å²) in [6.07, 6.45) is 3.84. The first-order valence-corrected chi connectivity index (χ1v) is 5.86. The number of imidazole rings is 1. The summed E-state index contributed by atoms with van der Waals surface area (Å²) < 4.78 is 7.30. The van der Waals surface area contributed by atoms with Crippen molar-refractivity contribution in [1.82, 2.24) is 9.38 Å². The molecule has 0 saturated heterocycles. The van der Waals surface area contributed by atoms with E-state index >= 15 is 0 Å². The zero-order chi connectivity index (χ0) is 12.5. The summed E-state index contributed by atoms with van der Waals surface area (Å²) in [5.41, 5.74) is 4.34. The lowest BCUT2D eigenvalue weighted by atomic mass is 10.1. The molecule has 1 aromatic carbocycles. The molecule has 0 saturated carbocycles. The number of aryl methyl sites for hydroxylation is 1. The normalized spacial score (nSPS) is 10.8. The van der Waals surface area contributed by atoms with Gasteiger partial charge >= 0.3 is 0 Å². The largest absolute Gasteiger partial charge is 0.496 e. The lowest BCUT2D eigenvalue weighted by Crippen LogP contribution is -1.88. The molecule has 3 nitrogen and oxygen atoms in total. The van der Waals surface area contributed by atoms with Crippen molar-refractivity contribution in [3.8, 4) is 17.0 Å². The average Bonchev–Trinajstić information content (AvgIpc) is 2.82. The van der Waals surface area contributed by atoms with E-state index in [4.69, 9.17) is 4.74 Å². The van der Waals surface area contributed by atoms with Crippen LogP contribution >= 0.6 is 0 Å². The Labute approximate surface area is 106 Å². The maximum atomic E-state index is 5.28. The van der Waals surface area contributed by atoms with E-state index < -0.39 is 0 Å². The van der Waals surface area contributed by atoms with Crippen LogP contribution in [0.2, 0.25) is 0 Å². The van der Waals surface area contributed by atoms with E-state index in [9.17, 15) is 0 Å². The van der Waals surface area contributed by atoms with E-state index in [1.54, 1.807) is 7.11 Å². The lowest BCUT2D eigenvalue weighted by Gasteiger charge is -2.06. The van der Waals surface area contributed by atoms with Crippen molar-refractivity contribution in [1.29, 1.82) is 0 Å². The highest BCUT2D eigenvalue weighted by Crippen LogP contribution is 2.27. The standard InChI is InChI=1S/C15H14N2O/c1-11-9-12(6-7-14(11)18-2)15-13-5-3-4-8-17(13)10-16-15/h3-10H,1-2H3. The monoisotopic (exact) mass is 238 g/mol. The smallest absolute Gasteiger partial charge is 0.121 e. The van der Waals surface area contributed by atoms with Gasteiger partial charge in [-0.15, -0.1) is 0 Å². The number of nitrogens with zero attached hydrogens (tertiary/aromatic N) is 2. The number of hydrogen-bond donors (Lipinski definition) is 0. The molecular formula is C15H14N2O. The molecule has 0 unspecified atom stereocenters. The van der Waals surface area contributed by atoms with E-state index in [0.717, 1.165) is 28.1 Å². The molecule has 0 bridgehead atoms. The number of fused-ring (bicyclic) bond motifs is 1. The Bertz CT molecular complexity index is 701. The molecule has 0 amide bonds. The van der Waals surface area contributed by atoms with E-state index in [0.29, 0.717) is 0 Å². The van der Waals surface area contributed by atoms with Crippen LogP contribution in [0.1, 0.15) is 5.56 Å². The molecule has 18 heavy (non-hydrogen) atoms. The zero-order valence-corrected chi connectivity index (χ0v) is 10.4. The average molecular weight is 238 g/mol. The summed E-state index contributed by atoms with van der Waals surface area (Å²) in [6, 6.07) is 12.2. The molecule has 0 aliphatic heterocycles. The third kappa shape index (κ3) is 1.64. The predicted octanol–water partition coefficient (Wildman–Crippen LogP) is 3.32. The third-order valence-corrected chi connectivity index (χ3v) is 3.11. The van der Waals surface area contributed by atoms with Gasteiger partial charge in [0.15, 0.2) is 0 Å². The van der Waals surface area contributed by atoms with Crippen LogP contribution < -0.4 is 4.74 Å². The van der Waals surface area contributed by atoms with Gasteiger partial charge in [-0.05, 0) is 42.8 Å². The fraction of sp³-hybridized carbons (Fsp3) is 0.133. The fourth-order valence-electron chi connectivity index (χ4n) is 2.19. The highest BCUT2D eigenvalue weighted by Gasteiger charge is 2.08. The van der Waals surface area contributed by atoms with Gasteiger partial charge in [-0.2, -0.15) is 0 Å². The summed E-state index contributed by atoms with van der Waals surface area (Å²) in [5.74, 6) is 0.905. The Morgan fingerprint density at radius 1 is 1.17 bits per heavy atom. The quantitative estimate of drug-likeness (QED) is 0.684. The maximum absolute atomic E-state index is 5.28. The van der Waals surface area contributed by atoms with Crippen molar-refractivity contribution in [3.63, 3.8) is 0 Å². The Balaban J connectivity index is 2.17. The van der Waals surface area contributed by atoms with Crippen LogP contribution in [0.25, 0.3) is 16.8 Å². The minimum atomic E-state index is 0.905. The summed E-state index contributed by atoms with van der Waals surface area (Å²) >= 11 is 0. The third-order valence-electron chi connectivity index (χ3n) is 3.11. The Hall–Kier alpha value is -2.29. The molecule has 90 valence electrons. The first-order valence-electron chi connectivity index (χ1n) is 5.86. The first-order chi connectivity index (χ1) is 8.79. The predicted molar refractivity (Wildman–Crippen MR) is 71.9 cm³/mol. The number of rotatable bonds is 2. The minimum absolute atomic E-state index is 0.905. The fourth-order valence-corrected chi connectivity index (χ4v) is 2.19. The molecule has 0 aliphatic rings. The van der Waals surface area contributed by atoms with Gasteiger partial charge in [0.05, 0.1) is 24.6 Å².